The van der Waals surface area contributed by atoms with Gasteiger partial charge in [0.2, 0.25) is 11.6 Å². The maximum absolute atomic E-state index is 15.2. The number of aryl methyl sites for hydroxylation is 1. The van der Waals surface area contributed by atoms with E-state index in [1.54, 1.807) is 69.0 Å². The van der Waals surface area contributed by atoms with Crippen LogP contribution in [0.1, 0.15) is 120 Å². The summed E-state index contributed by atoms with van der Waals surface area (Å²) in [5.41, 5.74) is -0.233. The lowest BCUT2D eigenvalue weighted by atomic mass is 9.78. The van der Waals surface area contributed by atoms with Crippen molar-refractivity contribution in [2.45, 2.75) is 112 Å². The molecular formula is C50H60N2O13. The Bertz CT molecular complexity index is 2370. The predicted octanol–water partition coefficient (Wildman–Crippen LogP) is 6.27. The molecule has 0 aromatic heterocycles. The molecule has 15 heteroatoms. The Labute approximate surface area is 379 Å². The summed E-state index contributed by atoms with van der Waals surface area (Å²) >= 11 is 0. The number of benzene rings is 2. The van der Waals surface area contributed by atoms with Crippen molar-refractivity contribution in [3.05, 3.63) is 105 Å². The van der Waals surface area contributed by atoms with E-state index >= 15 is 9.59 Å². The second-order valence-electron chi connectivity index (χ2n) is 17.8. The SMILES string of the molecule is CO[C@H]1/C=C/O[C@@]2(C)Oc3c(C)c(OC(=O)c4ccc(C)cc4)c4c(c3C2=O)C(=O)C(N2CCCCC2)=C(NC(=O)/C(C)=C\C=C\[C@H](C)[C@H](O)[C@@H](C)[C@H](O)[C@H](C)[C@H](OC(C)=O)[C@@H]1C)C4=O. The summed E-state index contributed by atoms with van der Waals surface area (Å²) in [5.74, 6) is -9.77. The normalized spacial score (nSPS) is 30.7. The van der Waals surface area contributed by atoms with Crippen LogP contribution in [0.3, 0.4) is 0 Å². The first kappa shape index (κ1) is 48.6. The summed E-state index contributed by atoms with van der Waals surface area (Å²) in [5, 5.41) is 25.7. The number of aliphatic hydroxyl groups excluding tert-OH is 2. The van der Waals surface area contributed by atoms with E-state index in [-0.39, 0.29) is 50.7 Å². The van der Waals surface area contributed by atoms with Crippen molar-refractivity contribution < 1.29 is 62.7 Å². The zero-order valence-corrected chi connectivity index (χ0v) is 38.7. The van der Waals surface area contributed by atoms with Gasteiger partial charge in [0.1, 0.15) is 29.0 Å². The van der Waals surface area contributed by atoms with Gasteiger partial charge in [-0.1, -0.05) is 63.6 Å². The number of nitrogens with one attached hydrogen (secondary N) is 1. The van der Waals surface area contributed by atoms with Crippen LogP contribution in [0.4, 0.5) is 0 Å². The first-order valence-corrected chi connectivity index (χ1v) is 22.1. The molecule has 0 spiro atoms. The van der Waals surface area contributed by atoms with Crippen molar-refractivity contribution >= 4 is 35.2 Å². The number of aliphatic hydroxyl groups is 2. The molecule has 15 nitrogen and oxygen atoms in total. The highest BCUT2D eigenvalue weighted by molar-refractivity contribution is 6.32. The number of hydrogen-bond acceptors (Lipinski definition) is 14. The van der Waals surface area contributed by atoms with Crippen LogP contribution in [0.2, 0.25) is 0 Å². The van der Waals surface area contributed by atoms with Crippen molar-refractivity contribution in [3.63, 3.8) is 0 Å². The van der Waals surface area contributed by atoms with Crippen molar-refractivity contribution in [1.29, 1.82) is 0 Å². The van der Waals surface area contributed by atoms with Gasteiger partial charge < -0.3 is 44.1 Å². The number of piperidine rings is 1. The maximum atomic E-state index is 15.2. The van der Waals surface area contributed by atoms with Crippen LogP contribution in [0, 0.1) is 37.5 Å². The maximum Gasteiger partial charge on any atom is 0.343 e. The van der Waals surface area contributed by atoms with Gasteiger partial charge in [-0.15, -0.1) is 0 Å². The number of likely N-dealkylation sites (tertiary alicyclic amines) is 1. The Morgan fingerprint density at radius 3 is 2.14 bits per heavy atom. The topological polar surface area (TPSA) is 204 Å². The first-order valence-electron chi connectivity index (χ1n) is 22.1. The Morgan fingerprint density at radius 2 is 1.51 bits per heavy atom. The number of esters is 2. The quantitative estimate of drug-likeness (QED) is 0.224. The monoisotopic (exact) mass is 896 g/mol. The number of Topliss-reactive ketones (excluding diaryl/α,β-unsaturated/α-hetero) is 3. The summed E-state index contributed by atoms with van der Waals surface area (Å²) in [6.45, 7) is 15.1. The first-order chi connectivity index (χ1) is 30.7. The molecule has 5 bridgehead atoms. The van der Waals surface area contributed by atoms with Gasteiger partial charge in [-0.2, -0.15) is 0 Å². The number of carbonyl (C=O) groups excluding carboxylic acids is 6. The number of hydrogen-bond donors (Lipinski definition) is 3. The number of methoxy groups -OCH3 is 1. The fraction of sp³-hybridized carbons (Fsp3) is 0.480. The summed E-state index contributed by atoms with van der Waals surface area (Å²) < 4.78 is 30.0. The van der Waals surface area contributed by atoms with Crippen LogP contribution in [0.15, 0.2) is 71.8 Å². The second kappa shape index (κ2) is 19.7. The molecule has 9 atom stereocenters. The molecule has 65 heavy (non-hydrogen) atoms. The molecule has 5 aliphatic rings. The van der Waals surface area contributed by atoms with Gasteiger partial charge in [-0.25, -0.2) is 4.79 Å². The molecule has 0 saturated carbocycles. The van der Waals surface area contributed by atoms with Gasteiger partial charge in [0.05, 0.1) is 46.8 Å². The highest BCUT2D eigenvalue weighted by Crippen LogP contribution is 2.50. The summed E-state index contributed by atoms with van der Waals surface area (Å²) in [6, 6.07) is 6.54. The number of allylic oxidation sites excluding steroid dienone is 4. The fourth-order valence-corrected chi connectivity index (χ4v) is 9.05. The standard InChI is InChI=1S/C50H60N2O13/c1-25-17-19-33(20-18-25)49(60)64-45-31(7)46-37-35-36(45)42(56)38(39(43(35)57)52-22-12-11-13-23-52)51-48(59)27(3)16-14-15-26(2)40(54)29(5)41(55)30(6)44(63-32(8)53)28(4)34(61-10)21-24-62-50(9,65-46)47(37)58/h14-21,24,26,28-30,34,40-41,44,54-55H,11-13,22-23H2,1-10H3,(H,51,59)/b15-14+,24-21+,27-16-/t26-,28+,29+,30-,34-,40-,41-,44+,50-/m0/s1. The molecule has 1 fully saturated rings. The number of ketones is 3. The smallest absolute Gasteiger partial charge is 0.343 e. The van der Waals surface area contributed by atoms with Crippen LogP contribution >= 0.6 is 0 Å². The molecule has 3 N–H and O–H groups in total. The van der Waals surface area contributed by atoms with Crippen molar-refractivity contribution in [2.24, 2.45) is 23.7 Å². The zero-order valence-electron chi connectivity index (χ0n) is 38.7. The Morgan fingerprint density at radius 1 is 0.846 bits per heavy atom. The average Bonchev–Trinajstić information content (AvgIpc) is 3.54. The molecule has 1 aliphatic carbocycles. The zero-order chi connectivity index (χ0) is 47.7. The van der Waals surface area contributed by atoms with E-state index in [0.717, 1.165) is 12.0 Å². The minimum Gasteiger partial charge on any atom is -0.462 e. The van der Waals surface area contributed by atoms with E-state index < -0.39 is 94.6 Å². The lowest BCUT2D eigenvalue weighted by Gasteiger charge is -2.38. The number of nitrogens with zero attached hydrogens (tertiary/aromatic N) is 1. The highest BCUT2D eigenvalue weighted by Gasteiger charge is 2.53. The molecule has 348 valence electrons. The molecule has 2 aromatic rings. The van der Waals surface area contributed by atoms with E-state index in [2.05, 4.69) is 5.32 Å². The minimum absolute atomic E-state index is 0.0505. The minimum atomic E-state index is -2.13. The van der Waals surface area contributed by atoms with Gasteiger partial charge in [0, 0.05) is 68.9 Å². The van der Waals surface area contributed by atoms with Crippen molar-refractivity contribution in [3.8, 4) is 11.5 Å². The third-order valence-electron chi connectivity index (χ3n) is 13.1. The molecule has 2 aromatic carbocycles. The third-order valence-corrected chi connectivity index (χ3v) is 13.1. The highest BCUT2D eigenvalue weighted by atomic mass is 16.7. The number of carbonyl (C=O) groups is 6. The number of amides is 1. The van der Waals surface area contributed by atoms with Crippen LogP contribution in [-0.4, -0.2) is 101 Å². The van der Waals surface area contributed by atoms with Crippen LogP contribution in [0.5, 0.6) is 11.5 Å². The van der Waals surface area contributed by atoms with Gasteiger partial charge in [0.15, 0.2) is 0 Å². The van der Waals surface area contributed by atoms with Crippen molar-refractivity contribution in [1.82, 2.24) is 10.2 Å². The van der Waals surface area contributed by atoms with Gasteiger partial charge in [-0.05, 0) is 58.2 Å². The predicted molar refractivity (Wildman–Crippen MR) is 238 cm³/mol. The summed E-state index contributed by atoms with van der Waals surface area (Å²) in [4.78, 5) is 87.3. The number of fused-ring (bicyclic) bond motifs is 14. The lowest BCUT2D eigenvalue weighted by molar-refractivity contribution is -0.160. The molecule has 4 heterocycles. The summed E-state index contributed by atoms with van der Waals surface area (Å²) in [6.07, 6.45) is 5.67. The molecular weight excluding hydrogens is 837 g/mol. The van der Waals surface area contributed by atoms with Crippen LogP contribution in [0.25, 0.3) is 0 Å². The van der Waals surface area contributed by atoms with Gasteiger partial charge in [0.25, 0.3) is 11.7 Å². The fourth-order valence-electron chi connectivity index (χ4n) is 9.05. The Kier molecular flexibility index (Phi) is 14.7. The van der Waals surface area contributed by atoms with Gasteiger partial charge >= 0.3 is 17.7 Å². The third kappa shape index (κ3) is 9.59. The van der Waals surface area contributed by atoms with Gasteiger partial charge in [-0.3, -0.25) is 24.0 Å². The molecule has 0 radical (unpaired) electrons. The molecule has 1 amide bonds. The number of rotatable bonds is 5. The van der Waals surface area contributed by atoms with E-state index in [1.165, 1.54) is 53.2 Å². The molecule has 7 rings (SSSR count). The van der Waals surface area contributed by atoms with E-state index in [9.17, 15) is 29.4 Å². The molecule has 4 aliphatic heterocycles. The average molecular weight is 897 g/mol. The van der Waals surface area contributed by atoms with E-state index in [1.807, 2.05) is 6.92 Å². The largest absolute Gasteiger partial charge is 0.462 e. The Hall–Kier alpha value is -5.90. The number of ether oxygens (including phenoxy) is 5. The van der Waals surface area contributed by atoms with Crippen LogP contribution in [-0.2, 0) is 23.8 Å². The van der Waals surface area contributed by atoms with E-state index in [4.69, 9.17) is 23.7 Å². The molecule has 0 unspecified atom stereocenters. The molecule has 1 saturated heterocycles. The van der Waals surface area contributed by atoms with Crippen molar-refractivity contribution in [2.75, 3.05) is 20.2 Å². The second-order valence-corrected chi connectivity index (χ2v) is 17.8. The summed E-state index contributed by atoms with van der Waals surface area (Å²) in [7, 11) is 1.43. The Balaban J connectivity index is 1.55. The van der Waals surface area contributed by atoms with E-state index in [0.29, 0.717) is 25.9 Å². The van der Waals surface area contributed by atoms with Crippen LogP contribution < -0.4 is 14.8 Å². The lowest BCUT2D eigenvalue weighted by Crippen LogP contribution is -2.46.